The molecule has 0 aliphatic rings. The largest absolute Gasteiger partial charge is 0.309 e. The number of para-hydroxylation sites is 4. The lowest BCUT2D eigenvalue weighted by atomic mass is 9.91. The Morgan fingerprint density at radius 2 is 0.760 bits per heavy atom. The summed E-state index contributed by atoms with van der Waals surface area (Å²) in [5.74, 6) is 0.649. The zero-order valence-electron chi connectivity index (χ0n) is 40.9. The third-order valence-electron chi connectivity index (χ3n) is 14.5. The highest BCUT2D eigenvalue weighted by Gasteiger charge is 2.27. The van der Waals surface area contributed by atoms with Gasteiger partial charge in [0.15, 0.2) is 5.82 Å². The van der Waals surface area contributed by atoms with Gasteiger partial charge in [-0.25, -0.2) is 9.97 Å². The summed E-state index contributed by atoms with van der Waals surface area (Å²) >= 11 is 0. The fourth-order valence-electron chi connectivity index (χ4n) is 11.1. The molecule has 3 aromatic heterocycles. The van der Waals surface area contributed by atoms with Gasteiger partial charge in [-0.3, -0.25) is 0 Å². The van der Waals surface area contributed by atoms with Crippen molar-refractivity contribution in [1.82, 2.24) is 19.1 Å². The van der Waals surface area contributed by atoms with Crippen molar-refractivity contribution >= 4 is 60.7 Å². The lowest BCUT2D eigenvalue weighted by Crippen LogP contribution is -2.13. The minimum Gasteiger partial charge on any atom is -0.309 e. The molecule has 75 heavy (non-hydrogen) atoms. The highest BCUT2D eigenvalue weighted by atomic mass is 15.2. The molecule has 0 unspecified atom stereocenters. The van der Waals surface area contributed by atoms with E-state index in [9.17, 15) is 0 Å². The quantitative estimate of drug-likeness (QED) is 0.137. The van der Waals surface area contributed by atoms with Gasteiger partial charge in [-0.2, -0.15) is 0 Å². The summed E-state index contributed by atoms with van der Waals surface area (Å²) in [6.45, 7) is 0. The molecule has 14 rings (SSSR count). The normalized spacial score (nSPS) is 11.5. The summed E-state index contributed by atoms with van der Waals surface area (Å²) in [7, 11) is 0. The van der Waals surface area contributed by atoms with Crippen LogP contribution in [0.1, 0.15) is 0 Å². The van der Waals surface area contributed by atoms with Crippen molar-refractivity contribution in [2.45, 2.75) is 0 Å². The maximum Gasteiger partial charge on any atom is 0.160 e. The van der Waals surface area contributed by atoms with Crippen molar-refractivity contribution in [1.29, 1.82) is 0 Å². The molecule has 0 fully saturated rings. The summed E-state index contributed by atoms with van der Waals surface area (Å²) in [4.78, 5) is 13.2. The van der Waals surface area contributed by atoms with E-state index in [0.717, 1.165) is 89.8 Å². The molecule has 3 heterocycles. The van der Waals surface area contributed by atoms with Gasteiger partial charge < -0.3 is 14.0 Å². The predicted octanol–water partition coefficient (Wildman–Crippen LogP) is 18.5. The molecule has 0 radical (unpaired) electrons. The van der Waals surface area contributed by atoms with E-state index in [1.54, 1.807) is 0 Å². The summed E-state index contributed by atoms with van der Waals surface area (Å²) in [5, 5.41) is 4.80. The predicted molar refractivity (Wildman–Crippen MR) is 313 cm³/mol. The van der Waals surface area contributed by atoms with Crippen LogP contribution in [0.15, 0.2) is 285 Å². The van der Waals surface area contributed by atoms with Gasteiger partial charge in [0.1, 0.15) is 0 Å². The number of fused-ring (bicyclic) bond motifs is 7. The molecule has 5 heteroatoms. The number of benzene rings is 11. The van der Waals surface area contributed by atoms with E-state index in [1.165, 1.54) is 32.6 Å². The molecule has 0 bridgehead atoms. The summed E-state index contributed by atoms with van der Waals surface area (Å²) < 4.78 is 4.90. The molecule has 0 saturated heterocycles. The molecule has 0 amide bonds. The van der Waals surface area contributed by atoms with Crippen molar-refractivity contribution in [3.63, 3.8) is 0 Å². The first-order valence-electron chi connectivity index (χ1n) is 25.5. The maximum atomic E-state index is 5.38. The van der Waals surface area contributed by atoms with Crippen LogP contribution in [0, 0.1) is 0 Å². The van der Waals surface area contributed by atoms with Crippen molar-refractivity contribution in [2.24, 2.45) is 0 Å². The Hall–Kier alpha value is -10.1. The molecule has 0 aliphatic heterocycles. The van der Waals surface area contributed by atoms with Crippen molar-refractivity contribution in [2.75, 3.05) is 4.90 Å². The van der Waals surface area contributed by atoms with Gasteiger partial charge in [-0.1, -0.05) is 206 Å². The molecule has 14 aromatic rings. The lowest BCUT2D eigenvalue weighted by Gasteiger charge is -2.31. The number of hydrogen-bond donors (Lipinski definition) is 0. The Labute approximate surface area is 435 Å². The van der Waals surface area contributed by atoms with E-state index in [-0.39, 0.29) is 0 Å². The Balaban J connectivity index is 1.07. The van der Waals surface area contributed by atoms with Crippen LogP contribution < -0.4 is 4.90 Å². The molecule has 0 saturated carbocycles. The first kappa shape index (κ1) is 43.7. The van der Waals surface area contributed by atoms with Crippen LogP contribution in [0.4, 0.5) is 17.1 Å². The first-order chi connectivity index (χ1) is 37.2. The van der Waals surface area contributed by atoms with E-state index in [0.29, 0.717) is 5.82 Å². The van der Waals surface area contributed by atoms with E-state index in [1.807, 2.05) is 12.1 Å². The molecule has 0 atom stereocenters. The topological polar surface area (TPSA) is 38.9 Å². The second-order valence-electron chi connectivity index (χ2n) is 18.9. The van der Waals surface area contributed by atoms with E-state index >= 15 is 0 Å². The summed E-state index contributed by atoms with van der Waals surface area (Å²) in [6.07, 6.45) is 0. The van der Waals surface area contributed by atoms with Crippen LogP contribution in [0.3, 0.4) is 0 Å². The number of anilines is 3. The van der Waals surface area contributed by atoms with Crippen molar-refractivity contribution in [3.8, 4) is 67.5 Å². The standard InChI is InChI=1S/C70H47N5/c1-8-24-48(25-9-1)60-44-52(70-71-62(50-28-12-3-13-29-50)47-63(72-70)51-30-14-4-15-31-51)45-61(49-26-10-2-11-27-49)68(60)73(53-32-16-5-17-33-53)56-40-41-57-58-42-43-65-67(69(58)75(66(57)46-56)55-36-20-7-21-37-55)59-38-22-23-39-64(59)74(65)54-34-18-6-19-35-54/h1-47H. The molecule has 0 N–H and O–H groups in total. The highest BCUT2D eigenvalue weighted by molar-refractivity contribution is 6.26. The molecule has 352 valence electrons. The third-order valence-corrected chi connectivity index (χ3v) is 14.5. The fourth-order valence-corrected chi connectivity index (χ4v) is 11.1. The van der Waals surface area contributed by atoms with Gasteiger partial charge in [-0.05, 0) is 90.0 Å². The molecular formula is C70H47N5. The Morgan fingerprint density at radius 3 is 1.32 bits per heavy atom. The molecule has 11 aromatic carbocycles. The van der Waals surface area contributed by atoms with Gasteiger partial charge in [0.2, 0.25) is 0 Å². The molecule has 0 spiro atoms. The van der Waals surface area contributed by atoms with Gasteiger partial charge in [0, 0.05) is 72.1 Å². The third kappa shape index (κ3) is 7.65. The van der Waals surface area contributed by atoms with Crippen LogP contribution >= 0.6 is 0 Å². The minimum absolute atomic E-state index is 0.649. The van der Waals surface area contributed by atoms with Gasteiger partial charge in [-0.15, -0.1) is 0 Å². The molecule has 0 aliphatic carbocycles. The average Bonchev–Trinajstić information content (AvgIpc) is 4.13. The van der Waals surface area contributed by atoms with Gasteiger partial charge in [0.05, 0.1) is 39.1 Å². The van der Waals surface area contributed by atoms with E-state index < -0.39 is 0 Å². The van der Waals surface area contributed by atoms with Crippen molar-refractivity contribution in [3.05, 3.63) is 285 Å². The lowest BCUT2D eigenvalue weighted by molar-refractivity contribution is 1.17. The number of aromatic nitrogens is 4. The zero-order chi connectivity index (χ0) is 49.7. The smallest absolute Gasteiger partial charge is 0.160 e. The maximum absolute atomic E-state index is 5.38. The first-order valence-corrected chi connectivity index (χ1v) is 25.5. The minimum atomic E-state index is 0.649. The number of nitrogens with zero attached hydrogens (tertiary/aromatic N) is 5. The number of rotatable bonds is 10. The Morgan fingerprint density at radius 1 is 0.293 bits per heavy atom. The number of hydrogen-bond acceptors (Lipinski definition) is 3. The fraction of sp³-hybridized carbons (Fsp3) is 0. The molecule has 5 nitrogen and oxygen atoms in total. The zero-order valence-corrected chi connectivity index (χ0v) is 40.9. The average molecular weight is 958 g/mol. The van der Waals surface area contributed by atoms with Gasteiger partial charge >= 0.3 is 0 Å². The van der Waals surface area contributed by atoms with Crippen LogP contribution in [-0.4, -0.2) is 19.1 Å². The summed E-state index contributed by atoms with van der Waals surface area (Å²) in [5.41, 5.74) is 18.9. The van der Waals surface area contributed by atoms with Crippen LogP contribution in [-0.2, 0) is 0 Å². The summed E-state index contributed by atoms with van der Waals surface area (Å²) in [6, 6.07) is 102. The second-order valence-corrected chi connectivity index (χ2v) is 18.9. The van der Waals surface area contributed by atoms with Gasteiger partial charge in [0.25, 0.3) is 0 Å². The van der Waals surface area contributed by atoms with E-state index in [4.69, 9.17) is 9.97 Å². The van der Waals surface area contributed by atoms with Crippen molar-refractivity contribution < 1.29 is 0 Å². The second kappa shape index (κ2) is 18.5. The Kier molecular flexibility index (Phi) is 10.8. The van der Waals surface area contributed by atoms with Crippen LogP contribution in [0.2, 0.25) is 0 Å². The van der Waals surface area contributed by atoms with E-state index in [2.05, 4.69) is 287 Å². The van der Waals surface area contributed by atoms with Crippen LogP contribution in [0.25, 0.3) is 111 Å². The SMILES string of the molecule is c1ccc(-c2cc(-c3ccccc3)nc(-c3cc(-c4ccccc4)c(N(c4ccccc4)c4ccc5c6ccc7c(c8ccccc8n7-c7ccccc7)c6n(-c6ccccc6)c5c4)c(-c4ccccc4)c3)n2)cc1. The van der Waals surface area contributed by atoms with Crippen LogP contribution in [0.5, 0.6) is 0 Å². The Bertz CT molecular complexity index is 4250. The highest BCUT2D eigenvalue weighted by Crippen LogP contribution is 2.50. The molecular weight excluding hydrogens is 911 g/mol. The monoisotopic (exact) mass is 957 g/mol.